The molecule has 2 aliphatic heterocycles. The van der Waals surface area contributed by atoms with Gasteiger partial charge >= 0.3 is 0 Å². The normalized spacial score (nSPS) is 25.3. The summed E-state index contributed by atoms with van der Waals surface area (Å²) in [4.78, 5) is 18.1. The minimum Gasteiger partial charge on any atom is -0.478 e. The summed E-state index contributed by atoms with van der Waals surface area (Å²) in [5.74, 6) is 1.62. The van der Waals surface area contributed by atoms with Crippen molar-refractivity contribution in [2.75, 3.05) is 26.3 Å². The van der Waals surface area contributed by atoms with Crippen molar-refractivity contribution < 1.29 is 14.3 Å². The number of likely N-dealkylation sites (tertiary alicyclic amines) is 1. The average Bonchev–Trinajstić information content (AvgIpc) is 3.17. The predicted molar refractivity (Wildman–Crippen MR) is 87.3 cm³/mol. The zero-order valence-electron chi connectivity index (χ0n) is 14.0. The maximum absolute atomic E-state index is 12.0. The summed E-state index contributed by atoms with van der Waals surface area (Å²) in [6, 6.07) is 5.45. The van der Waals surface area contributed by atoms with Crippen LogP contribution in [-0.4, -0.2) is 48.2 Å². The maximum Gasteiger partial charge on any atom is 0.222 e. The first-order valence-corrected chi connectivity index (χ1v) is 8.59. The number of pyridine rings is 1. The molecule has 0 bridgehead atoms. The number of rotatable bonds is 6. The summed E-state index contributed by atoms with van der Waals surface area (Å²) in [5, 5.41) is 8.76. The number of ether oxygens (including phenoxy) is 2. The standard InChI is InChI=1S/C18H23N3O3/c1-2-3-18(22)21-10-15-14(12-24-16(15)11-21)6-7-23-17-5-4-13(8-19)9-20-17/h4-5,9,14-16H,2-3,6-7,10-12H2,1H3/t14-,15-,16-/m0/s1. The van der Waals surface area contributed by atoms with Crippen LogP contribution in [0.3, 0.4) is 0 Å². The molecule has 1 aromatic heterocycles. The number of aromatic nitrogens is 1. The van der Waals surface area contributed by atoms with Gasteiger partial charge in [0.05, 0.1) is 24.9 Å². The molecule has 1 aromatic rings. The van der Waals surface area contributed by atoms with E-state index in [0.717, 1.165) is 32.5 Å². The highest BCUT2D eigenvalue weighted by molar-refractivity contribution is 5.76. The molecule has 6 heteroatoms. The van der Waals surface area contributed by atoms with Crippen LogP contribution in [0.5, 0.6) is 5.88 Å². The second-order valence-electron chi connectivity index (χ2n) is 6.48. The Morgan fingerprint density at radius 1 is 1.50 bits per heavy atom. The molecule has 24 heavy (non-hydrogen) atoms. The Kier molecular flexibility index (Phi) is 5.31. The van der Waals surface area contributed by atoms with Gasteiger partial charge in [0, 0.05) is 37.7 Å². The van der Waals surface area contributed by atoms with Crippen molar-refractivity contribution in [3.8, 4) is 11.9 Å². The topological polar surface area (TPSA) is 75.5 Å². The van der Waals surface area contributed by atoms with Gasteiger partial charge in [-0.05, 0) is 24.8 Å². The van der Waals surface area contributed by atoms with Crippen LogP contribution in [0.4, 0.5) is 0 Å². The number of nitriles is 1. The Morgan fingerprint density at radius 2 is 2.38 bits per heavy atom. The fourth-order valence-corrected chi connectivity index (χ4v) is 3.52. The van der Waals surface area contributed by atoms with Crippen molar-refractivity contribution in [1.29, 1.82) is 5.26 Å². The van der Waals surface area contributed by atoms with Crippen LogP contribution in [-0.2, 0) is 9.53 Å². The fourth-order valence-electron chi connectivity index (χ4n) is 3.52. The number of hydrogen-bond acceptors (Lipinski definition) is 5. The van der Waals surface area contributed by atoms with Crippen LogP contribution in [0.25, 0.3) is 0 Å². The van der Waals surface area contributed by atoms with Crippen LogP contribution in [0.1, 0.15) is 31.7 Å². The molecule has 0 radical (unpaired) electrons. The first-order chi connectivity index (χ1) is 11.7. The minimum atomic E-state index is 0.184. The minimum absolute atomic E-state index is 0.184. The third-order valence-corrected chi connectivity index (χ3v) is 4.86. The van der Waals surface area contributed by atoms with E-state index in [2.05, 4.69) is 4.98 Å². The van der Waals surface area contributed by atoms with E-state index in [1.165, 1.54) is 6.20 Å². The Balaban J connectivity index is 1.46. The highest BCUT2D eigenvalue weighted by Gasteiger charge is 2.44. The van der Waals surface area contributed by atoms with E-state index >= 15 is 0 Å². The largest absolute Gasteiger partial charge is 0.478 e. The van der Waals surface area contributed by atoms with Crippen LogP contribution >= 0.6 is 0 Å². The van der Waals surface area contributed by atoms with Gasteiger partial charge in [-0.2, -0.15) is 5.26 Å². The van der Waals surface area contributed by atoms with Crippen LogP contribution in [0.2, 0.25) is 0 Å². The number of nitrogens with zero attached hydrogens (tertiary/aromatic N) is 3. The molecule has 2 fully saturated rings. The summed E-state index contributed by atoms with van der Waals surface area (Å²) >= 11 is 0. The van der Waals surface area contributed by atoms with Gasteiger partial charge in [0.15, 0.2) is 0 Å². The van der Waals surface area contributed by atoms with Crippen LogP contribution in [0.15, 0.2) is 18.3 Å². The monoisotopic (exact) mass is 329 g/mol. The third kappa shape index (κ3) is 3.68. The number of amides is 1. The average molecular weight is 329 g/mol. The molecule has 3 atom stereocenters. The van der Waals surface area contributed by atoms with E-state index in [1.54, 1.807) is 12.1 Å². The Bertz CT molecular complexity index is 611. The highest BCUT2D eigenvalue weighted by atomic mass is 16.5. The molecule has 2 aliphatic rings. The first kappa shape index (κ1) is 16.7. The Morgan fingerprint density at radius 3 is 3.08 bits per heavy atom. The van der Waals surface area contributed by atoms with E-state index < -0.39 is 0 Å². The van der Waals surface area contributed by atoms with Crippen molar-refractivity contribution >= 4 is 5.91 Å². The lowest BCUT2D eigenvalue weighted by Crippen LogP contribution is -2.31. The number of hydrogen-bond donors (Lipinski definition) is 0. The highest BCUT2D eigenvalue weighted by Crippen LogP contribution is 2.35. The van der Waals surface area contributed by atoms with Crippen molar-refractivity contribution in [2.24, 2.45) is 11.8 Å². The zero-order chi connectivity index (χ0) is 16.9. The first-order valence-electron chi connectivity index (χ1n) is 8.59. The van der Waals surface area contributed by atoms with Gasteiger partial charge in [-0.3, -0.25) is 4.79 Å². The smallest absolute Gasteiger partial charge is 0.222 e. The summed E-state index contributed by atoms with van der Waals surface area (Å²) in [5.41, 5.74) is 0.525. The van der Waals surface area contributed by atoms with Crippen molar-refractivity contribution in [1.82, 2.24) is 9.88 Å². The number of carbonyl (C=O) groups excluding carboxylic acids is 1. The van der Waals surface area contributed by atoms with Crippen molar-refractivity contribution in [3.05, 3.63) is 23.9 Å². The van der Waals surface area contributed by atoms with Gasteiger partial charge in [-0.25, -0.2) is 4.98 Å². The number of fused-ring (bicyclic) bond motifs is 1. The second kappa shape index (κ2) is 7.63. The summed E-state index contributed by atoms with van der Waals surface area (Å²) < 4.78 is 11.6. The summed E-state index contributed by atoms with van der Waals surface area (Å²) in [6.45, 7) is 4.89. The second-order valence-corrected chi connectivity index (χ2v) is 6.48. The Labute approximate surface area is 142 Å². The maximum atomic E-state index is 12.0. The third-order valence-electron chi connectivity index (χ3n) is 4.86. The molecule has 0 saturated carbocycles. The van der Waals surface area contributed by atoms with E-state index in [4.69, 9.17) is 14.7 Å². The van der Waals surface area contributed by atoms with Crippen molar-refractivity contribution in [3.63, 3.8) is 0 Å². The quantitative estimate of drug-likeness (QED) is 0.798. The summed E-state index contributed by atoms with van der Waals surface area (Å²) in [7, 11) is 0. The fraction of sp³-hybridized carbons (Fsp3) is 0.611. The molecule has 0 aromatic carbocycles. The molecule has 3 heterocycles. The van der Waals surface area contributed by atoms with Crippen LogP contribution < -0.4 is 4.74 Å². The molecule has 3 rings (SSSR count). The van der Waals surface area contributed by atoms with Gasteiger partial charge in [0.25, 0.3) is 0 Å². The van der Waals surface area contributed by atoms with E-state index in [1.807, 2.05) is 17.9 Å². The van der Waals surface area contributed by atoms with E-state index in [0.29, 0.717) is 36.3 Å². The molecule has 6 nitrogen and oxygen atoms in total. The molecule has 0 aliphatic carbocycles. The van der Waals surface area contributed by atoms with Crippen molar-refractivity contribution in [2.45, 2.75) is 32.3 Å². The van der Waals surface area contributed by atoms with E-state index in [9.17, 15) is 4.79 Å². The van der Waals surface area contributed by atoms with Gasteiger partial charge in [0.1, 0.15) is 6.07 Å². The lowest BCUT2D eigenvalue weighted by molar-refractivity contribution is -0.131. The molecule has 2 saturated heterocycles. The van der Waals surface area contributed by atoms with Gasteiger partial charge in [-0.1, -0.05) is 6.92 Å². The summed E-state index contributed by atoms with van der Waals surface area (Å²) in [6.07, 6.45) is 4.10. The van der Waals surface area contributed by atoms with E-state index in [-0.39, 0.29) is 12.0 Å². The molecule has 1 amide bonds. The van der Waals surface area contributed by atoms with Gasteiger partial charge in [0.2, 0.25) is 11.8 Å². The molecule has 0 spiro atoms. The molecular formula is C18H23N3O3. The van der Waals surface area contributed by atoms with Crippen LogP contribution in [0, 0.1) is 23.2 Å². The van der Waals surface area contributed by atoms with Gasteiger partial charge in [-0.15, -0.1) is 0 Å². The lowest BCUT2D eigenvalue weighted by Gasteiger charge is -2.19. The molecule has 128 valence electrons. The molecule has 0 N–H and O–H groups in total. The number of carbonyl (C=O) groups is 1. The zero-order valence-corrected chi connectivity index (χ0v) is 14.0. The van der Waals surface area contributed by atoms with Gasteiger partial charge < -0.3 is 14.4 Å². The molecule has 0 unspecified atom stereocenters. The molecular weight excluding hydrogens is 306 g/mol. The Hall–Kier alpha value is -2.13. The SMILES string of the molecule is CCCC(=O)N1C[C@H]2[C@@H](CCOc3ccc(C#N)cn3)CO[C@H]2C1. The predicted octanol–water partition coefficient (Wildman–Crippen LogP) is 2.00. The lowest BCUT2D eigenvalue weighted by atomic mass is 9.91.